The molecule has 21 heavy (non-hydrogen) atoms. The molecular weight excluding hydrogens is 324 g/mol. The van der Waals surface area contributed by atoms with Gasteiger partial charge in [0.25, 0.3) is 0 Å². The first-order chi connectivity index (χ1) is 10.3. The summed E-state index contributed by atoms with van der Waals surface area (Å²) in [5, 5.41) is 3.59. The maximum absolute atomic E-state index is 3.59. The van der Waals surface area contributed by atoms with Gasteiger partial charge < -0.3 is 10.2 Å². The molecule has 0 atom stereocenters. The van der Waals surface area contributed by atoms with Crippen molar-refractivity contribution in [2.45, 2.75) is 25.8 Å². The van der Waals surface area contributed by atoms with Crippen molar-refractivity contribution in [3.8, 4) is 0 Å². The minimum absolute atomic E-state index is 0.859. The molecule has 2 aromatic carbocycles. The lowest BCUT2D eigenvalue weighted by Gasteiger charge is -2.30. The molecule has 0 saturated carbocycles. The summed E-state index contributed by atoms with van der Waals surface area (Å²) in [4.78, 5) is 2.51. The van der Waals surface area contributed by atoms with Crippen LogP contribution in [0.1, 0.15) is 24.8 Å². The molecule has 2 nitrogen and oxygen atoms in total. The Morgan fingerprint density at radius 3 is 2.38 bits per heavy atom. The fourth-order valence-corrected chi connectivity index (χ4v) is 3.10. The zero-order valence-corrected chi connectivity index (χ0v) is 13.8. The third kappa shape index (κ3) is 3.79. The highest BCUT2D eigenvalue weighted by atomic mass is 79.9. The Bertz CT molecular complexity index is 574. The van der Waals surface area contributed by atoms with Crippen molar-refractivity contribution in [3.05, 3.63) is 58.6 Å². The summed E-state index contributed by atoms with van der Waals surface area (Å²) < 4.78 is 1.12. The van der Waals surface area contributed by atoms with Gasteiger partial charge in [-0.1, -0.05) is 40.2 Å². The molecule has 0 bridgehead atoms. The normalized spacial score (nSPS) is 15.0. The average molecular weight is 345 g/mol. The molecule has 0 radical (unpaired) electrons. The summed E-state index contributed by atoms with van der Waals surface area (Å²) in [7, 11) is 0. The Labute approximate surface area is 135 Å². The fraction of sp³-hybridized carbons (Fsp3) is 0.333. The zero-order valence-electron chi connectivity index (χ0n) is 12.2. The van der Waals surface area contributed by atoms with Gasteiger partial charge in [0.05, 0.1) is 11.4 Å². The first kappa shape index (κ1) is 14.5. The van der Waals surface area contributed by atoms with Crippen molar-refractivity contribution < 1.29 is 0 Å². The summed E-state index contributed by atoms with van der Waals surface area (Å²) in [5.74, 6) is 0. The molecule has 1 aliphatic rings. The van der Waals surface area contributed by atoms with Crippen LogP contribution >= 0.6 is 15.9 Å². The number of anilines is 2. The van der Waals surface area contributed by atoms with Crippen LogP contribution < -0.4 is 10.2 Å². The smallest absolute Gasteiger partial charge is 0.0602 e. The Balaban J connectivity index is 1.71. The van der Waals surface area contributed by atoms with E-state index in [0.29, 0.717) is 0 Å². The molecule has 1 N–H and O–H groups in total. The SMILES string of the molecule is Brc1ccc(CNc2ccccc2N2CCCCC2)cc1. The molecule has 1 heterocycles. The number of rotatable bonds is 4. The zero-order chi connectivity index (χ0) is 14.5. The van der Waals surface area contributed by atoms with Crippen LogP contribution in [0.3, 0.4) is 0 Å². The predicted octanol–water partition coefficient (Wildman–Crippen LogP) is 5.05. The molecule has 3 heteroatoms. The van der Waals surface area contributed by atoms with Crippen LogP contribution in [0, 0.1) is 0 Å². The summed E-state index contributed by atoms with van der Waals surface area (Å²) in [5.41, 5.74) is 3.88. The lowest BCUT2D eigenvalue weighted by Crippen LogP contribution is -2.30. The van der Waals surface area contributed by atoms with Crippen LogP contribution in [0.25, 0.3) is 0 Å². The Hall–Kier alpha value is -1.48. The van der Waals surface area contributed by atoms with Gasteiger partial charge >= 0.3 is 0 Å². The topological polar surface area (TPSA) is 15.3 Å². The number of para-hydroxylation sites is 2. The number of halogens is 1. The molecule has 110 valence electrons. The van der Waals surface area contributed by atoms with Crippen LogP contribution in [0.4, 0.5) is 11.4 Å². The maximum atomic E-state index is 3.59. The first-order valence-electron chi connectivity index (χ1n) is 7.65. The highest BCUT2D eigenvalue weighted by Crippen LogP contribution is 2.28. The summed E-state index contributed by atoms with van der Waals surface area (Å²) >= 11 is 3.48. The van der Waals surface area contributed by atoms with Crippen molar-refractivity contribution in [2.24, 2.45) is 0 Å². The third-order valence-corrected chi connectivity index (χ3v) is 4.53. The van der Waals surface area contributed by atoms with Gasteiger partial charge in [0.15, 0.2) is 0 Å². The van der Waals surface area contributed by atoms with Crippen molar-refractivity contribution in [1.29, 1.82) is 0 Å². The van der Waals surface area contributed by atoms with Gasteiger partial charge in [-0.25, -0.2) is 0 Å². The molecule has 0 unspecified atom stereocenters. The minimum atomic E-state index is 0.859. The van der Waals surface area contributed by atoms with Gasteiger partial charge in [-0.2, -0.15) is 0 Å². The van der Waals surface area contributed by atoms with E-state index in [1.54, 1.807) is 0 Å². The van der Waals surface area contributed by atoms with E-state index in [9.17, 15) is 0 Å². The standard InChI is InChI=1S/C18H21BrN2/c19-16-10-8-15(9-11-16)14-20-17-6-2-3-7-18(17)21-12-4-1-5-13-21/h2-3,6-11,20H,1,4-5,12-14H2. The second-order valence-electron chi connectivity index (χ2n) is 5.54. The monoisotopic (exact) mass is 344 g/mol. The fourth-order valence-electron chi connectivity index (χ4n) is 2.83. The number of nitrogens with zero attached hydrogens (tertiary/aromatic N) is 1. The number of benzene rings is 2. The number of hydrogen-bond acceptors (Lipinski definition) is 2. The van der Waals surface area contributed by atoms with Crippen molar-refractivity contribution >= 4 is 27.3 Å². The van der Waals surface area contributed by atoms with Crippen LogP contribution in [-0.2, 0) is 6.54 Å². The third-order valence-electron chi connectivity index (χ3n) is 4.00. The number of nitrogens with one attached hydrogen (secondary N) is 1. The number of hydrogen-bond donors (Lipinski definition) is 1. The molecule has 0 spiro atoms. The molecule has 1 aliphatic heterocycles. The molecular formula is C18H21BrN2. The molecule has 0 aliphatic carbocycles. The van der Waals surface area contributed by atoms with Crippen molar-refractivity contribution in [1.82, 2.24) is 0 Å². The molecule has 1 saturated heterocycles. The van der Waals surface area contributed by atoms with Crippen molar-refractivity contribution in [2.75, 3.05) is 23.3 Å². The van der Waals surface area contributed by atoms with Gasteiger partial charge in [-0.15, -0.1) is 0 Å². The highest BCUT2D eigenvalue weighted by Gasteiger charge is 2.13. The highest BCUT2D eigenvalue weighted by molar-refractivity contribution is 9.10. The van der Waals surface area contributed by atoms with E-state index >= 15 is 0 Å². The second-order valence-corrected chi connectivity index (χ2v) is 6.46. The lowest BCUT2D eigenvalue weighted by atomic mass is 10.1. The van der Waals surface area contributed by atoms with E-state index < -0.39 is 0 Å². The van der Waals surface area contributed by atoms with E-state index in [2.05, 4.69) is 74.7 Å². The maximum Gasteiger partial charge on any atom is 0.0602 e. The Kier molecular flexibility index (Phi) is 4.81. The van der Waals surface area contributed by atoms with E-state index in [0.717, 1.165) is 11.0 Å². The second kappa shape index (κ2) is 6.99. The Morgan fingerprint density at radius 2 is 1.62 bits per heavy atom. The summed E-state index contributed by atoms with van der Waals surface area (Å²) in [6.45, 7) is 3.21. The summed E-state index contributed by atoms with van der Waals surface area (Å²) in [6, 6.07) is 17.1. The van der Waals surface area contributed by atoms with Crippen LogP contribution in [0.15, 0.2) is 53.0 Å². The molecule has 3 rings (SSSR count). The van der Waals surface area contributed by atoms with Gasteiger partial charge in [-0.3, -0.25) is 0 Å². The van der Waals surface area contributed by atoms with E-state index in [-0.39, 0.29) is 0 Å². The van der Waals surface area contributed by atoms with E-state index in [4.69, 9.17) is 0 Å². The van der Waals surface area contributed by atoms with Gasteiger partial charge in [-0.05, 0) is 49.1 Å². The van der Waals surface area contributed by atoms with Gasteiger partial charge in [0.2, 0.25) is 0 Å². The van der Waals surface area contributed by atoms with Crippen LogP contribution in [0.2, 0.25) is 0 Å². The van der Waals surface area contributed by atoms with Crippen LogP contribution in [0.5, 0.6) is 0 Å². The van der Waals surface area contributed by atoms with Crippen LogP contribution in [-0.4, -0.2) is 13.1 Å². The van der Waals surface area contributed by atoms with E-state index in [1.165, 1.54) is 49.3 Å². The lowest BCUT2D eigenvalue weighted by molar-refractivity contribution is 0.578. The molecule has 0 aromatic heterocycles. The predicted molar refractivity (Wildman–Crippen MR) is 94.0 cm³/mol. The van der Waals surface area contributed by atoms with Gasteiger partial charge in [0, 0.05) is 24.1 Å². The minimum Gasteiger partial charge on any atom is -0.379 e. The molecule has 0 amide bonds. The van der Waals surface area contributed by atoms with Crippen molar-refractivity contribution in [3.63, 3.8) is 0 Å². The largest absolute Gasteiger partial charge is 0.379 e. The molecule has 1 fully saturated rings. The Morgan fingerprint density at radius 1 is 0.905 bits per heavy atom. The molecule has 2 aromatic rings. The van der Waals surface area contributed by atoms with Gasteiger partial charge in [0.1, 0.15) is 0 Å². The first-order valence-corrected chi connectivity index (χ1v) is 8.44. The average Bonchev–Trinajstić information content (AvgIpc) is 2.55. The summed E-state index contributed by atoms with van der Waals surface area (Å²) in [6.07, 6.45) is 3.98. The number of piperidine rings is 1. The van der Waals surface area contributed by atoms with E-state index in [1.807, 2.05) is 0 Å². The quantitative estimate of drug-likeness (QED) is 0.834.